The number of hydrogen-bond donors (Lipinski definition) is 0. The van der Waals surface area contributed by atoms with E-state index in [0.717, 1.165) is 5.92 Å². The van der Waals surface area contributed by atoms with E-state index in [1.807, 2.05) is 0 Å². The summed E-state index contributed by atoms with van der Waals surface area (Å²) < 4.78 is 0. The van der Waals surface area contributed by atoms with Crippen LogP contribution >= 0.6 is 0 Å². The van der Waals surface area contributed by atoms with Gasteiger partial charge in [-0.25, -0.2) is 0 Å². The van der Waals surface area contributed by atoms with Gasteiger partial charge in [-0.05, 0) is 36.7 Å². The van der Waals surface area contributed by atoms with Crippen molar-refractivity contribution in [1.82, 2.24) is 0 Å². The van der Waals surface area contributed by atoms with Crippen LogP contribution in [0.5, 0.6) is 0 Å². The highest BCUT2D eigenvalue weighted by molar-refractivity contribution is 4.91. The third-order valence-corrected chi connectivity index (χ3v) is 2.60. The van der Waals surface area contributed by atoms with Crippen LogP contribution in [0.3, 0.4) is 0 Å². The van der Waals surface area contributed by atoms with Crippen molar-refractivity contribution < 1.29 is 0 Å². The zero-order valence-corrected chi connectivity index (χ0v) is 7.69. The zero-order valence-electron chi connectivity index (χ0n) is 7.69. The van der Waals surface area contributed by atoms with Crippen LogP contribution in [0.15, 0.2) is 18.4 Å². The highest BCUT2D eigenvalue weighted by Gasteiger charge is 2.26. The van der Waals surface area contributed by atoms with Crippen molar-refractivity contribution in [1.29, 1.82) is 0 Å². The molecular weight excluding hydrogens is 132 g/mol. The SMILES string of the molecule is C=C=CC1CCCC(C)(C)C1. The third kappa shape index (κ3) is 2.55. The molecule has 0 amide bonds. The van der Waals surface area contributed by atoms with Gasteiger partial charge in [-0.2, -0.15) is 0 Å². The monoisotopic (exact) mass is 150 g/mol. The van der Waals surface area contributed by atoms with E-state index in [4.69, 9.17) is 0 Å². The van der Waals surface area contributed by atoms with E-state index in [-0.39, 0.29) is 0 Å². The maximum absolute atomic E-state index is 3.62. The van der Waals surface area contributed by atoms with Crippen LogP contribution in [-0.4, -0.2) is 0 Å². The summed E-state index contributed by atoms with van der Waals surface area (Å²) in [5, 5.41) is 0. The average Bonchev–Trinajstić information content (AvgIpc) is 1.85. The maximum Gasteiger partial charge on any atom is -0.0153 e. The van der Waals surface area contributed by atoms with Gasteiger partial charge in [-0.3, -0.25) is 0 Å². The second-order valence-electron chi connectivity index (χ2n) is 4.39. The minimum atomic E-state index is 0.552. The Labute approximate surface area is 70.0 Å². The minimum absolute atomic E-state index is 0.552. The van der Waals surface area contributed by atoms with Crippen molar-refractivity contribution in [3.05, 3.63) is 18.4 Å². The summed E-state index contributed by atoms with van der Waals surface area (Å²) in [5.74, 6) is 0.747. The smallest absolute Gasteiger partial charge is 0.0153 e. The predicted octanol–water partition coefficient (Wildman–Crippen LogP) is 3.54. The molecule has 0 radical (unpaired) electrons. The maximum atomic E-state index is 3.62. The number of hydrogen-bond acceptors (Lipinski definition) is 0. The molecule has 0 N–H and O–H groups in total. The van der Waals surface area contributed by atoms with E-state index in [0.29, 0.717) is 5.41 Å². The Bertz CT molecular complexity index is 170. The van der Waals surface area contributed by atoms with Crippen molar-refractivity contribution >= 4 is 0 Å². The van der Waals surface area contributed by atoms with Gasteiger partial charge in [-0.15, -0.1) is 5.73 Å². The Morgan fingerprint density at radius 1 is 1.55 bits per heavy atom. The van der Waals surface area contributed by atoms with Crippen molar-refractivity contribution in [3.63, 3.8) is 0 Å². The Morgan fingerprint density at radius 2 is 2.27 bits per heavy atom. The molecule has 0 heteroatoms. The van der Waals surface area contributed by atoms with Gasteiger partial charge in [0.05, 0.1) is 0 Å². The van der Waals surface area contributed by atoms with E-state index in [1.165, 1.54) is 25.7 Å². The molecule has 1 aliphatic carbocycles. The van der Waals surface area contributed by atoms with E-state index in [1.54, 1.807) is 0 Å². The van der Waals surface area contributed by atoms with E-state index >= 15 is 0 Å². The van der Waals surface area contributed by atoms with Crippen LogP contribution in [0.1, 0.15) is 39.5 Å². The summed E-state index contributed by atoms with van der Waals surface area (Å²) in [4.78, 5) is 0. The fourth-order valence-electron chi connectivity index (χ4n) is 2.07. The van der Waals surface area contributed by atoms with Gasteiger partial charge >= 0.3 is 0 Å². The molecule has 0 aromatic heterocycles. The van der Waals surface area contributed by atoms with E-state index in [2.05, 4.69) is 32.2 Å². The molecule has 0 saturated heterocycles. The topological polar surface area (TPSA) is 0 Å². The van der Waals surface area contributed by atoms with Crippen molar-refractivity contribution in [2.75, 3.05) is 0 Å². The van der Waals surface area contributed by atoms with Crippen molar-refractivity contribution in [2.24, 2.45) is 11.3 Å². The lowest BCUT2D eigenvalue weighted by molar-refractivity contribution is 0.206. The standard InChI is InChI=1S/C11H18/c1-4-6-10-7-5-8-11(2,3)9-10/h6,10H,1,5,7-9H2,2-3H3. The van der Waals surface area contributed by atoms with Crippen molar-refractivity contribution in [3.8, 4) is 0 Å². The van der Waals surface area contributed by atoms with E-state index < -0.39 is 0 Å². The molecule has 1 unspecified atom stereocenters. The molecule has 1 atom stereocenters. The lowest BCUT2D eigenvalue weighted by Gasteiger charge is -2.33. The molecule has 0 aromatic rings. The summed E-state index contributed by atoms with van der Waals surface area (Å²) in [6.07, 6.45) is 7.55. The molecule has 0 aliphatic heterocycles. The normalized spacial score (nSPS) is 29.1. The Hall–Kier alpha value is -0.480. The molecular formula is C11H18. The Kier molecular flexibility index (Phi) is 2.57. The van der Waals surface area contributed by atoms with Gasteiger partial charge in [0.1, 0.15) is 0 Å². The molecule has 0 spiro atoms. The summed E-state index contributed by atoms with van der Waals surface area (Å²) in [7, 11) is 0. The molecule has 0 heterocycles. The third-order valence-electron chi connectivity index (χ3n) is 2.60. The second-order valence-corrected chi connectivity index (χ2v) is 4.39. The summed E-state index contributed by atoms with van der Waals surface area (Å²) >= 11 is 0. The fourth-order valence-corrected chi connectivity index (χ4v) is 2.07. The fraction of sp³-hybridized carbons (Fsp3) is 0.727. The van der Waals surface area contributed by atoms with Crippen LogP contribution in [0, 0.1) is 11.3 Å². The number of rotatable bonds is 1. The predicted molar refractivity (Wildman–Crippen MR) is 49.4 cm³/mol. The summed E-state index contributed by atoms with van der Waals surface area (Å²) in [5.41, 5.74) is 3.45. The zero-order chi connectivity index (χ0) is 8.32. The summed E-state index contributed by atoms with van der Waals surface area (Å²) in [6.45, 7) is 8.34. The van der Waals surface area contributed by atoms with Crippen LogP contribution in [0.25, 0.3) is 0 Å². The molecule has 0 aromatic carbocycles. The molecule has 0 nitrogen and oxygen atoms in total. The quantitative estimate of drug-likeness (QED) is 0.501. The Morgan fingerprint density at radius 3 is 2.82 bits per heavy atom. The minimum Gasteiger partial charge on any atom is -0.133 e. The van der Waals surface area contributed by atoms with Gasteiger partial charge in [0.2, 0.25) is 0 Å². The highest BCUT2D eigenvalue weighted by Crippen LogP contribution is 2.38. The molecule has 1 saturated carbocycles. The molecule has 0 bridgehead atoms. The van der Waals surface area contributed by atoms with Gasteiger partial charge in [0.25, 0.3) is 0 Å². The summed E-state index contributed by atoms with van der Waals surface area (Å²) in [6, 6.07) is 0. The molecule has 1 rings (SSSR count). The first-order valence-corrected chi connectivity index (χ1v) is 4.50. The first-order chi connectivity index (χ1) is 5.14. The molecule has 11 heavy (non-hydrogen) atoms. The lowest BCUT2D eigenvalue weighted by Crippen LogP contribution is -2.21. The van der Waals surface area contributed by atoms with Crippen LogP contribution in [-0.2, 0) is 0 Å². The van der Waals surface area contributed by atoms with Gasteiger partial charge < -0.3 is 0 Å². The Balaban J connectivity index is 2.52. The highest BCUT2D eigenvalue weighted by atomic mass is 14.3. The first-order valence-electron chi connectivity index (χ1n) is 4.50. The van der Waals surface area contributed by atoms with Gasteiger partial charge in [0, 0.05) is 0 Å². The number of allylic oxidation sites excluding steroid dienone is 1. The van der Waals surface area contributed by atoms with Crippen molar-refractivity contribution in [2.45, 2.75) is 39.5 Å². The largest absolute Gasteiger partial charge is 0.133 e. The van der Waals surface area contributed by atoms with Gasteiger partial charge in [0.15, 0.2) is 0 Å². The molecule has 1 aliphatic rings. The molecule has 1 fully saturated rings. The average molecular weight is 150 g/mol. The van der Waals surface area contributed by atoms with Gasteiger partial charge in [-0.1, -0.05) is 26.8 Å². The second kappa shape index (κ2) is 3.28. The van der Waals surface area contributed by atoms with Crippen LogP contribution < -0.4 is 0 Å². The first kappa shape index (κ1) is 8.62. The molecule has 62 valence electrons. The van der Waals surface area contributed by atoms with E-state index in [9.17, 15) is 0 Å². The lowest BCUT2D eigenvalue weighted by atomic mass is 9.72. The van der Waals surface area contributed by atoms with Crippen LogP contribution in [0.4, 0.5) is 0 Å². The van der Waals surface area contributed by atoms with Crippen LogP contribution in [0.2, 0.25) is 0 Å².